The number of carbonyl (C=O) groups is 2. The highest BCUT2D eigenvalue weighted by Gasteiger charge is 2.22. The zero-order chi connectivity index (χ0) is 20.2. The normalized spacial score (nSPS) is 11.3. The van der Waals surface area contributed by atoms with Gasteiger partial charge < -0.3 is 15.0 Å². The van der Waals surface area contributed by atoms with Crippen molar-refractivity contribution in [1.82, 2.24) is 14.7 Å². The smallest absolute Gasteiger partial charge is 0.248 e. The van der Waals surface area contributed by atoms with E-state index in [0.717, 1.165) is 16.9 Å². The molecule has 0 aliphatic carbocycles. The van der Waals surface area contributed by atoms with Gasteiger partial charge in [0, 0.05) is 25.6 Å². The van der Waals surface area contributed by atoms with Gasteiger partial charge in [-0.25, -0.2) is 4.68 Å². The van der Waals surface area contributed by atoms with Crippen LogP contribution in [-0.2, 0) is 19.7 Å². The molecule has 1 aromatic heterocycles. The van der Waals surface area contributed by atoms with Crippen LogP contribution in [0, 0.1) is 6.92 Å². The van der Waals surface area contributed by atoms with Gasteiger partial charge in [-0.05, 0) is 19.1 Å². The van der Waals surface area contributed by atoms with Crippen molar-refractivity contribution < 1.29 is 14.3 Å². The topological polar surface area (TPSA) is 76.5 Å². The van der Waals surface area contributed by atoms with E-state index in [9.17, 15) is 9.59 Å². The molecule has 7 nitrogen and oxygen atoms in total. The summed E-state index contributed by atoms with van der Waals surface area (Å²) in [5.41, 5.74) is 2.70. The number of carbonyl (C=O) groups excluding carboxylic acids is 2. The third-order valence-corrected chi connectivity index (χ3v) is 4.10. The summed E-state index contributed by atoms with van der Waals surface area (Å²) in [5.74, 6) is 0.0205. The maximum Gasteiger partial charge on any atom is 0.248 e. The Morgan fingerprint density at radius 3 is 2.41 bits per heavy atom. The first kappa shape index (κ1) is 20.6. The highest BCUT2D eigenvalue weighted by Crippen LogP contribution is 2.26. The molecule has 0 fully saturated rings. The van der Waals surface area contributed by atoms with Crippen molar-refractivity contribution in [2.75, 3.05) is 32.6 Å². The molecular weight excluding hydrogens is 344 g/mol. The van der Waals surface area contributed by atoms with E-state index in [1.807, 2.05) is 37.3 Å². The lowest BCUT2D eigenvalue weighted by Gasteiger charge is -2.16. The summed E-state index contributed by atoms with van der Waals surface area (Å²) in [6.07, 6.45) is 0. The highest BCUT2D eigenvalue weighted by atomic mass is 16.5. The molecule has 0 spiro atoms. The summed E-state index contributed by atoms with van der Waals surface area (Å²) in [6, 6.07) is 9.78. The number of nitrogens with one attached hydrogen (secondary N) is 1. The van der Waals surface area contributed by atoms with Gasteiger partial charge in [0.2, 0.25) is 11.8 Å². The summed E-state index contributed by atoms with van der Waals surface area (Å²) in [6.45, 7) is 8.10. The largest absolute Gasteiger partial charge is 0.375 e. The van der Waals surface area contributed by atoms with Crippen molar-refractivity contribution in [2.24, 2.45) is 0 Å². The van der Waals surface area contributed by atoms with E-state index in [0.29, 0.717) is 5.82 Å². The Kier molecular flexibility index (Phi) is 6.38. The Bertz CT molecular complexity index is 804. The lowest BCUT2D eigenvalue weighted by molar-refractivity contribution is -0.136. The van der Waals surface area contributed by atoms with Crippen LogP contribution in [0.1, 0.15) is 32.0 Å². The Morgan fingerprint density at radius 2 is 1.85 bits per heavy atom. The summed E-state index contributed by atoms with van der Waals surface area (Å²) >= 11 is 0. The predicted molar refractivity (Wildman–Crippen MR) is 105 cm³/mol. The Morgan fingerprint density at radius 1 is 1.22 bits per heavy atom. The van der Waals surface area contributed by atoms with Crippen LogP contribution in [-0.4, -0.2) is 53.8 Å². The molecule has 1 N–H and O–H groups in total. The molecule has 2 amide bonds. The molecule has 0 bridgehead atoms. The SMILES string of the molecule is COCC(=O)N(C)CC(=O)Nc1cc(C(C)(C)C)nn1-c1ccc(C)cc1. The van der Waals surface area contributed by atoms with E-state index in [-0.39, 0.29) is 30.4 Å². The standard InChI is InChI=1S/C20H28N4O3/c1-14-7-9-15(10-8-14)24-17(11-16(22-24)20(2,3)4)21-18(25)12-23(5)19(26)13-27-6/h7-11H,12-13H2,1-6H3,(H,21,25). The number of rotatable bonds is 6. The van der Waals surface area contributed by atoms with E-state index in [1.54, 1.807) is 11.7 Å². The summed E-state index contributed by atoms with van der Waals surface area (Å²) in [7, 11) is 3.01. The zero-order valence-corrected chi connectivity index (χ0v) is 16.9. The van der Waals surface area contributed by atoms with Gasteiger partial charge in [-0.2, -0.15) is 5.10 Å². The second kappa shape index (κ2) is 8.35. The molecule has 0 radical (unpaired) electrons. The molecule has 0 aliphatic rings. The Balaban J connectivity index is 2.26. The van der Waals surface area contributed by atoms with Crippen molar-refractivity contribution in [3.63, 3.8) is 0 Å². The van der Waals surface area contributed by atoms with E-state index in [2.05, 4.69) is 31.2 Å². The van der Waals surface area contributed by atoms with Crippen LogP contribution in [0.15, 0.2) is 30.3 Å². The number of benzene rings is 1. The summed E-state index contributed by atoms with van der Waals surface area (Å²) < 4.78 is 6.53. The van der Waals surface area contributed by atoms with Gasteiger partial charge in [-0.1, -0.05) is 38.5 Å². The van der Waals surface area contributed by atoms with Gasteiger partial charge in [-0.3, -0.25) is 9.59 Å². The van der Waals surface area contributed by atoms with Gasteiger partial charge in [0.25, 0.3) is 0 Å². The Labute approximate surface area is 160 Å². The summed E-state index contributed by atoms with van der Waals surface area (Å²) in [5, 5.41) is 7.55. The maximum absolute atomic E-state index is 12.4. The quantitative estimate of drug-likeness (QED) is 0.845. The molecule has 2 rings (SSSR count). The van der Waals surface area contributed by atoms with Gasteiger partial charge in [0.15, 0.2) is 0 Å². The summed E-state index contributed by atoms with van der Waals surface area (Å²) in [4.78, 5) is 25.6. The third kappa shape index (κ3) is 5.40. The van der Waals surface area contributed by atoms with Crippen molar-refractivity contribution in [3.8, 4) is 5.69 Å². The molecular formula is C20H28N4O3. The van der Waals surface area contributed by atoms with Crippen molar-refractivity contribution in [1.29, 1.82) is 0 Å². The van der Waals surface area contributed by atoms with Gasteiger partial charge in [-0.15, -0.1) is 0 Å². The Hall–Kier alpha value is -2.67. The third-order valence-electron chi connectivity index (χ3n) is 4.10. The number of methoxy groups -OCH3 is 1. The van der Waals surface area contributed by atoms with Gasteiger partial charge in [0.05, 0.1) is 17.9 Å². The molecule has 1 heterocycles. The lowest BCUT2D eigenvalue weighted by Crippen LogP contribution is -2.37. The first-order valence-corrected chi connectivity index (χ1v) is 8.82. The molecule has 7 heteroatoms. The number of aryl methyl sites for hydroxylation is 1. The monoisotopic (exact) mass is 372 g/mol. The number of hydrogen-bond donors (Lipinski definition) is 1. The van der Waals surface area contributed by atoms with Crippen molar-refractivity contribution in [2.45, 2.75) is 33.1 Å². The number of amides is 2. The molecule has 0 aliphatic heterocycles. The fourth-order valence-corrected chi connectivity index (χ4v) is 2.44. The number of nitrogens with zero attached hydrogens (tertiary/aromatic N) is 3. The van der Waals surface area contributed by atoms with Crippen LogP contribution in [0.25, 0.3) is 5.69 Å². The van der Waals surface area contributed by atoms with Crippen LogP contribution >= 0.6 is 0 Å². The zero-order valence-electron chi connectivity index (χ0n) is 16.9. The number of anilines is 1. The minimum atomic E-state index is -0.296. The fourth-order valence-electron chi connectivity index (χ4n) is 2.44. The second-order valence-corrected chi connectivity index (χ2v) is 7.64. The van der Waals surface area contributed by atoms with Crippen molar-refractivity contribution in [3.05, 3.63) is 41.6 Å². The average molecular weight is 372 g/mol. The van der Waals surface area contributed by atoms with E-state index >= 15 is 0 Å². The highest BCUT2D eigenvalue weighted by molar-refractivity contribution is 5.94. The molecule has 1 aromatic carbocycles. The van der Waals surface area contributed by atoms with Crippen LogP contribution in [0.4, 0.5) is 5.82 Å². The predicted octanol–water partition coefficient (Wildman–Crippen LogP) is 2.52. The number of ether oxygens (including phenoxy) is 1. The first-order chi connectivity index (χ1) is 12.6. The van der Waals surface area contributed by atoms with Gasteiger partial charge >= 0.3 is 0 Å². The minimum absolute atomic E-state index is 0.0563. The number of aromatic nitrogens is 2. The van der Waals surface area contributed by atoms with Crippen LogP contribution in [0.5, 0.6) is 0 Å². The average Bonchev–Trinajstić information content (AvgIpc) is 2.99. The molecule has 0 saturated heterocycles. The molecule has 2 aromatic rings. The van der Waals surface area contributed by atoms with Crippen LogP contribution in [0.2, 0.25) is 0 Å². The van der Waals surface area contributed by atoms with Gasteiger partial charge in [0.1, 0.15) is 12.4 Å². The molecule has 146 valence electrons. The minimum Gasteiger partial charge on any atom is -0.375 e. The first-order valence-electron chi connectivity index (χ1n) is 8.82. The fraction of sp³-hybridized carbons (Fsp3) is 0.450. The number of hydrogen-bond acceptors (Lipinski definition) is 4. The maximum atomic E-state index is 12.4. The van der Waals surface area contributed by atoms with E-state index < -0.39 is 0 Å². The number of likely N-dealkylation sites (N-methyl/N-ethyl adjacent to an activating group) is 1. The van der Waals surface area contributed by atoms with Crippen LogP contribution < -0.4 is 5.32 Å². The molecule has 27 heavy (non-hydrogen) atoms. The van der Waals surface area contributed by atoms with Crippen LogP contribution in [0.3, 0.4) is 0 Å². The molecule has 0 atom stereocenters. The van der Waals surface area contributed by atoms with Crippen molar-refractivity contribution >= 4 is 17.6 Å². The van der Waals surface area contributed by atoms with E-state index in [1.165, 1.54) is 12.0 Å². The lowest BCUT2D eigenvalue weighted by atomic mass is 9.92. The second-order valence-electron chi connectivity index (χ2n) is 7.64. The van der Waals surface area contributed by atoms with E-state index in [4.69, 9.17) is 4.74 Å². The molecule has 0 saturated carbocycles. The molecule has 0 unspecified atom stereocenters.